The van der Waals surface area contributed by atoms with Crippen molar-refractivity contribution in [3.63, 3.8) is 0 Å². The minimum Gasteiger partial charge on any atom is -0.462 e. The normalized spacial score (nSPS) is 10.9. The molecule has 0 radical (unpaired) electrons. The van der Waals surface area contributed by atoms with Crippen molar-refractivity contribution in [1.29, 1.82) is 0 Å². The fourth-order valence-electron chi connectivity index (χ4n) is 3.79. The van der Waals surface area contributed by atoms with Gasteiger partial charge >= 0.3 is 5.97 Å². The molecule has 32 heavy (non-hydrogen) atoms. The molecule has 0 aliphatic rings. The van der Waals surface area contributed by atoms with Crippen LogP contribution in [-0.4, -0.2) is 33.9 Å². The summed E-state index contributed by atoms with van der Waals surface area (Å²) in [4.78, 5) is 16.6. The van der Waals surface area contributed by atoms with Crippen LogP contribution in [0.1, 0.15) is 35.0 Å². The Hall–Kier alpha value is -3.67. The number of carbonyl (C=O) groups is 1. The van der Waals surface area contributed by atoms with Crippen molar-refractivity contribution in [2.24, 2.45) is 0 Å². The number of ether oxygens (including phenoxy) is 1. The number of aromatic nitrogens is 3. The first-order chi connectivity index (χ1) is 15.7. The van der Waals surface area contributed by atoms with E-state index in [1.807, 2.05) is 43.3 Å². The topological polar surface area (TPSA) is 69.0 Å². The predicted molar refractivity (Wildman–Crippen MR) is 127 cm³/mol. The fraction of sp³-hybridized carbons (Fsp3) is 0.269. The first-order valence-corrected chi connectivity index (χ1v) is 11.1. The Kier molecular flexibility index (Phi) is 7.12. The Morgan fingerprint density at radius 1 is 1.03 bits per heavy atom. The number of nitrogens with zero attached hydrogens (tertiary/aromatic N) is 3. The lowest BCUT2D eigenvalue weighted by Crippen LogP contribution is -2.11. The molecule has 6 nitrogen and oxygen atoms in total. The molecule has 0 spiro atoms. The summed E-state index contributed by atoms with van der Waals surface area (Å²) in [5.41, 5.74) is 3.90. The van der Waals surface area contributed by atoms with E-state index in [9.17, 15) is 4.79 Å². The molecule has 0 amide bonds. The smallest absolute Gasteiger partial charge is 0.338 e. The molecule has 0 saturated heterocycles. The zero-order valence-electron chi connectivity index (χ0n) is 18.3. The minimum absolute atomic E-state index is 0.296. The van der Waals surface area contributed by atoms with Crippen molar-refractivity contribution in [3.8, 4) is 0 Å². The van der Waals surface area contributed by atoms with Gasteiger partial charge in [0.25, 0.3) is 0 Å². The number of fused-ring (bicyclic) bond motifs is 1. The molecule has 164 valence electrons. The predicted octanol–water partition coefficient (Wildman–Crippen LogP) is 4.90. The molecule has 0 aliphatic carbocycles. The number of benzene rings is 2. The van der Waals surface area contributed by atoms with E-state index in [0.29, 0.717) is 12.2 Å². The number of anilines is 1. The SMILES string of the molecule is CCOC(=O)c1ccc2nn(CCCNc3ccccn3)c(CCc3ccccc3)c2c1. The molecule has 4 aromatic rings. The average Bonchev–Trinajstić information content (AvgIpc) is 3.18. The number of rotatable bonds is 10. The second kappa shape index (κ2) is 10.6. The highest BCUT2D eigenvalue weighted by Gasteiger charge is 2.15. The number of hydrogen-bond donors (Lipinski definition) is 1. The van der Waals surface area contributed by atoms with Crippen LogP contribution in [0.25, 0.3) is 10.9 Å². The van der Waals surface area contributed by atoms with Crippen molar-refractivity contribution >= 4 is 22.7 Å². The van der Waals surface area contributed by atoms with Gasteiger partial charge in [-0.1, -0.05) is 36.4 Å². The Morgan fingerprint density at radius 2 is 1.88 bits per heavy atom. The van der Waals surface area contributed by atoms with Gasteiger partial charge in [0.1, 0.15) is 5.82 Å². The van der Waals surface area contributed by atoms with Crippen molar-refractivity contribution in [2.45, 2.75) is 32.7 Å². The minimum atomic E-state index is -0.296. The van der Waals surface area contributed by atoms with Crippen molar-refractivity contribution in [3.05, 3.63) is 89.7 Å². The number of nitrogens with one attached hydrogen (secondary N) is 1. The maximum Gasteiger partial charge on any atom is 0.338 e. The van der Waals surface area contributed by atoms with Gasteiger partial charge < -0.3 is 10.1 Å². The van der Waals surface area contributed by atoms with Gasteiger partial charge in [0.15, 0.2) is 0 Å². The Balaban J connectivity index is 1.54. The first kappa shape index (κ1) is 21.6. The summed E-state index contributed by atoms with van der Waals surface area (Å²) in [5.74, 6) is 0.581. The van der Waals surface area contributed by atoms with Gasteiger partial charge in [0.2, 0.25) is 0 Å². The van der Waals surface area contributed by atoms with Gasteiger partial charge in [-0.05, 0) is 62.1 Å². The molecule has 0 saturated carbocycles. The number of hydrogen-bond acceptors (Lipinski definition) is 5. The number of esters is 1. The first-order valence-electron chi connectivity index (χ1n) is 11.1. The van der Waals surface area contributed by atoms with E-state index < -0.39 is 0 Å². The second-order valence-corrected chi connectivity index (χ2v) is 7.60. The van der Waals surface area contributed by atoms with Crippen LogP contribution in [0.3, 0.4) is 0 Å². The Labute approximate surface area is 188 Å². The van der Waals surface area contributed by atoms with Gasteiger partial charge in [0, 0.05) is 30.4 Å². The highest BCUT2D eigenvalue weighted by molar-refractivity contribution is 5.95. The summed E-state index contributed by atoms with van der Waals surface area (Å²) in [6.45, 7) is 3.77. The third kappa shape index (κ3) is 5.32. The van der Waals surface area contributed by atoms with Gasteiger partial charge in [0.05, 0.1) is 17.7 Å². The third-order valence-corrected chi connectivity index (χ3v) is 5.37. The van der Waals surface area contributed by atoms with Gasteiger partial charge in [-0.25, -0.2) is 9.78 Å². The third-order valence-electron chi connectivity index (χ3n) is 5.37. The summed E-state index contributed by atoms with van der Waals surface area (Å²) < 4.78 is 7.28. The fourth-order valence-corrected chi connectivity index (χ4v) is 3.79. The van der Waals surface area contributed by atoms with Crippen LogP contribution in [0.2, 0.25) is 0 Å². The average molecular weight is 429 g/mol. The standard InChI is InChI=1S/C26H28N4O2/c1-2-32-26(31)21-13-14-23-22(19-21)24(15-12-20-9-4-3-5-10-20)30(29-23)18-8-17-28-25-11-6-7-16-27-25/h3-7,9-11,13-14,16,19H,2,8,12,15,17-18H2,1H3,(H,27,28). The molecule has 0 atom stereocenters. The van der Waals surface area contributed by atoms with E-state index in [4.69, 9.17) is 9.84 Å². The lowest BCUT2D eigenvalue weighted by Gasteiger charge is -2.10. The molecule has 4 rings (SSSR count). The van der Waals surface area contributed by atoms with Crippen LogP contribution >= 0.6 is 0 Å². The van der Waals surface area contributed by atoms with Crippen LogP contribution in [0, 0.1) is 0 Å². The maximum atomic E-state index is 12.3. The second-order valence-electron chi connectivity index (χ2n) is 7.60. The molecular formula is C26H28N4O2. The summed E-state index contributed by atoms with van der Waals surface area (Å²) in [6.07, 6.45) is 4.46. The van der Waals surface area contributed by atoms with Crippen LogP contribution in [0.15, 0.2) is 72.9 Å². The molecule has 0 bridgehead atoms. The van der Waals surface area contributed by atoms with Crippen LogP contribution in [0.4, 0.5) is 5.82 Å². The zero-order valence-corrected chi connectivity index (χ0v) is 18.3. The molecule has 6 heteroatoms. The number of aryl methyl sites for hydroxylation is 3. The van der Waals surface area contributed by atoms with E-state index in [0.717, 1.165) is 54.8 Å². The monoisotopic (exact) mass is 428 g/mol. The van der Waals surface area contributed by atoms with E-state index in [2.05, 4.69) is 39.2 Å². The molecule has 2 heterocycles. The van der Waals surface area contributed by atoms with Gasteiger partial charge in [-0.15, -0.1) is 0 Å². The van der Waals surface area contributed by atoms with E-state index in [1.54, 1.807) is 12.3 Å². The zero-order chi connectivity index (χ0) is 22.2. The van der Waals surface area contributed by atoms with E-state index in [1.165, 1.54) is 5.56 Å². The maximum absolute atomic E-state index is 12.3. The molecule has 2 aromatic heterocycles. The number of carbonyl (C=O) groups excluding carboxylic acids is 1. The van der Waals surface area contributed by atoms with Crippen molar-refractivity contribution < 1.29 is 9.53 Å². The summed E-state index contributed by atoms with van der Waals surface area (Å²) in [6, 6.07) is 21.9. The van der Waals surface area contributed by atoms with E-state index in [-0.39, 0.29) is 5.97 Å². The van der Waals surface area contributed by atoms with Gasteiger partial charge in [-0.3, -0.25) is 4.68 Å². The number of pyridine rings is 1. The molecule has 0 aliphatic heterocycles. The lowest BCUT2D eigenvalue weighted by molar-refractivity contribution is 0.0526. The molecule has 1 N–H and O–H groups in total. The Morgan fingerprint density at radius 3 is 2.66 bits per heavy atom. The molecule has 0 fully saturated rings. The Bertz CT molecular complexity index is 1160. The van der Waals surface area contributed by atoms with Crippen molar-refractivity contribution in [2.75, 3.05) is 18.5 Å². The largest absolute Gasteiger partial charge is 0.462 e. The lowest BCUT2D eigenvalue weighted by atomic mass is 10.0. The molecule has 2 aromatic carbocycles. The summed E-state index contributed by atoms with van der Waals surface area (Å²) in [7, 11) is 0. The summed E-state index contributed by atoms with van der Waals surface area (Å²) >= 11 is 0. The van der Waals surface area contributed by atoms with Crippen molar-refractivity contribution in [1.82, 2.24) is 14.8 Å². The molecular weight excluding hydrogens is 400 g/mol. The summed E-state index contributed by atoms with van der Waals surface area (Å²) in [5, 5.41) is 9.21. The highest BCUT2D eigenvalue weighted by Crippen LogP contribution is 2.23. The van der Waals surface area contributed by atoms with Crippen LogP contribution in [0.5, 0.6) is 0 Å². The highest BCUT2D eigenvalue weighted by atomic mass is 16.5. The quantitative estimate of drug-likeness (QED) is 0.288. The van der Waals surface area contributed by atoms with Crippen LogP contribution < -0.4 is 5.32 Å². The molecule has 0 unspecified atom stereocenters. The van der Waals surface area contributed by atoms with Gasteiger partial charge in [-0.2, -0.15) is 5.10 Å². The van der Waals surface area contributed by atoms with Crippen LogP contribution in [-0.2, 0) is 24.1 Å². The van der Waals surface area contributed by atoms with E-state index >= 15 is 0 Å².